The fourth-order valence-corrected chi connectivity index (χ4v) is 3.28. The molecule has 3 aromatic rings. The van der Waals surface area contributed by atoms with Gasteiger partial charge >= 0.3 is 5.97 Å². The van der Waals surface area contributed by atoms with Gasteiger partial charge in [-0.15, -0.1) is 11.3 Å². The molecule has 0 radical (unpaired) electrons. The summed E-state index contributed by atoms with van der Waals surface area (Å²) in [7, 11) is 1.32. The minimum Gasteiger partial charge on any atom is -0.469 e. The first-order valence-electron chi connectivity index (χ1n) is 8.02. The van der Waals surface area contributed by atoms with Gasteiger partial charge in [-0.05, 0) is 30.5 Å². The van der Waals surface area contributed by atoms with Crippen molar-refractivity contribution in [1.29, 1.82) is 0 Å². The lowest BCUT2D eigenvalue weighted by molar-refractivity contribution is -0.141. The van der Waals surface area contributed by atoms with Gasteiger partial charge in [0.05, 0.1) is 19.6 Å². The molecule has 1 atom stereocenters. The predicted octanol–water partition coefficient (Wildman–Crippen LogP) is 3.75. The molecule has 0 aliphatic heterocycles. The zero-order valence-corrected chi connectivity index (χ0v) is 15.2. The van der Waals surface area contributed by atoms with Gasteiger partial charge < -0.3 is 14.5 Å². The van der Waals surface area contributed by atoms with Crippen LogP contribution in [0, 0.1) is 6.92 Å². The van der Waals surface area contributed by atoms with Crippen molar-refractivity contribution in [3.05, 3.63) is 64.2 Å². The van der Waals surface area contributed by atoms with Crippen LogP contribution in [0.15, 0.2) is 52.3 Å². The maximum atomic E-state index is 12.7. The number of thiophene rings is 1. The van der Waals surface area contributed by atoms with Crippen LogP contribution in [0.3, 0.4) is 0 Å². The number of nitrogens with one attached hydrogen (secondary N) is 1. The third-order valence-corrected chi connectivity index (χ3v) is 4.81. The van der Waals surface area contributed by atoms with E-state index in [9.17, 15) is 9.59 Å². The second kappa shape index (κ2) is 7.97. The van der Waals surface area contributed by atoms with Crippen LogP contribution < -0.4 is 5.32 Å². The number of methoxy groups -OCH3 is 1. The average molecular weight is 370 g/mol. The standard InChI is InChI=1S/C19H18N2O4S/c1-12-17(21-19(25-12)13-7-4-3-5-8-13)18(23)20-14(11-16(22)24-2)15-9-6-10-26-15/h3-10,14H,11H2,1-2H3,(H,20,23). The molecule has 0 bridgehead atoms. The summed E-state index contributed by atoms with van der Waals surface area (Å²) >= 11 is 1.46. The molecule has 1 aromatic carbocycles. The van der Waals surface area contributed by atoms with Gasteiger partial charge in [0, 0.05) is 10.4 Å². The van der Waals surface area contributed by atoms with E-state index in [4.69, 9.17) is 9.15 Å². The fraction of sp³-hybridized carbons (Fsp3) is 0.211. The molecule has 2 aromatic heterocycles. The van der Waals surface area contributed by atoms with Crippen LogP contribution in [0.4, 0.5) is 0 Å². The van der Waals surface area contributed by atoms with Gasteiger partial charge in [-0.3, -0.25) is 9.59 Å². The summed E-state index contributed by atoms with van der Waals surface area (Å²) in [6.45, 7) is 1.69. The lowest BCUT2D eigenvalue weighted by atomic mass is 10.1. The Balaban J connectivity index is 1.82. The summed E-state index contributed by atoms with van der Waals surface area (Å²) in [5, 5.41) is 4.74. The van der Waals surface area contributed by atoms with Crippen molar-refractivity contribution in [3.8, 4) is 11.5 Å². The van der Waals surface area contributed by atoms with Crippen LogP contribution in [0.5, 0.6) is 0 Å². The number of aryl methyl sites for hydroxylation is 1. The second-order valence-corrected chi connectivity index (χ2v) is 6.59. The van der Waals surface area contributed by atoms with Crippen molar-refractivity contribution in [2.24, 2.45) is 0 Å². The first-order chi connectivity index (χ1) is 12.6. The summed E-state index contributed by atoms with van der Waals surface area (Å²) in [5.41, 5.74) is 0.995. The average Bonchev–Trinajstić information content (AvgIpc) is 3.31. The Morgan fingerprint density at radius 1 is 1.23 bits per heavy atom. The van der Waals surface area contributed by atoms with Crippen LogP contribution in [-0.2, 0) is 9.53 Å². The number of rotatable bonds is 6. The Labute approximate surface area is 154 Å². The van der Waals surface area contributed by atoms with Gasteiger partial charge in [0.1, 0.15) is 5.76 Å². The van der Waals surface area contributed by atoms with Crippen molar-refractivity contribution in [2.75, 3.05) is 7.11 Å². The highest BCUT2D eigenvalue weighted by Gasteiger charge is 2.24. The van der Waals surface area contributed by atoms with Gasteiger partial charge in [0.2, 0.25) is 5.89 Å². The molecule has 26 heavy (non-hydrogen) atoms. The molecule has 1 amide bonds. The van der Waals surface area contributed by atoms with E-state index < -0.39 is 17.9 Å². The quantitative estimate of drug-likeness (QED) is 0.669. The molecule has 6 nitrogen and oxygen atoms in total. The van der Waals surface area contributed by atoms with Gasteiger partial charge in [0.25, 0.3) is 5.91 Å². The third-order valence-electron chi connectivity index (χ3n) is 3.82. The number of aromatic nitrogens is 1. The third kappa shape index (κ3) is 4.00. The number of carbonyl (C=O) groups is 2. The van der Waals surface area contributed by atoms with E-state index in [1.807, 2.05) is 47.8 Å². The van der Waals surface area contributed by atoms with Crippen LogP contribution in [0.1, 0.15) is 33.6 Å². The largest absolute Gasteiger partial charge is 0.469 e. The first-order valence-corrected chi connectivity index (χ1v) is 8.90. The van der Waals surface area contributed by atoms with E-state index in [0.717, 1.165) is 10.4 Å². The van der Waals surface area contributed by atoms with Crippen molar-refractivity contribution in [2.45, 2.75) is 19.4 Å². The number of hydrogen-bond donors (Lipinski definition) is 1. The van der Waals surface area contributed by atoms with E-state index in [-0.39, 0.29) is 12.1 Å². The second-order valence-electron chi connectivity index (χ2n) is 5.61. The minimum atomic E-state index is -0.480. The number of benzene rings is 1. The topological polar surface area (TPSA) is 81.4 Å². The zero-order chi connectivity index (χ0) is 18.5. The highest BCUT2D eigenvalue weighted by atomic mass is 32.1. The summed E-state index contributed by atoms with van der Waals surface area (Å²) in [4.78, 5) is 29.6. The summed E-state index contributed by atoms with van der Waals surface area (Å²) in [6.07, 6.45) is 0.0468. The van der Waals surface area contributed by atoms with E-state index in [1.54, 1.807) is 6.92 Å². The molecule has 3 rings (SSSR count). The first kappa shape index (κ1) is 17.9. The Hall–Kier alpha value is -2.93. The van der Waals surface area contributed by atoms with E-state index in [2.05, 4.69) is 10.3 Å². The summed E-state index contributed by atoms with van der Waals surface area (Å²) in [5.74, 6) is 0.0134. The van der Waals surface area contributed by atoms with E-state index >= 15 is 0 Å². The van der Waals surface area contributed by atoms with Gasteiger partial charge in [0.15, 0.2) is 5.69 Å². The lowest BCUT2D eigenvalue weighted by Crippen LogP contribution is -2.30. The molecule has 0 saturated carbocycles. The lowest BCUT2D eigenvalue weighted by Gasteiger charge is -2.15. The van der Waals surface area contributed by atoms with Crippen molar-refractivity contribution in [3.63, 3.8) is 0 Å². The van der Waals surface area contributed by atoms with Gasteiger partial charge in [-0.25, -0.2) is 4.98 Å². The highest BCUT2D eigenvalue weighted by Crippen LogP contribution is 2.25. The molecule has 1 unspecified atom stereocenters. The smallest absolute Gasteiger partial charge is 0.307 e. The SMILES string of the molecule is COC(=O)CC(NC(=O)c1nc(-c2ccccc2)oc1C)c1cccs1. The van der Waals surface area contributed by atoms with Crippen LogP contribution in [0.25, 0.3) is 11.5 Å². The number of amides is 1. The normalized spacial score (nSPS) is 11.8. The summed E-state index contributed by atoms with van der Waals surface area (Å²) in [6, 6.07) is 12.6. The maximum absolute atomic E-state index is 12.7. The molecule has 7 heteroatoms. The Morgan fingerprint density at radius 3 is 2.65 bits per heavy atom. The number of esters is 1. The van der Waals surface area contributed by atoms with Crippen LogP contribution in [0.2, 0.25) is 0 Å². The number of oxazole rings is 1. The van der Waals surface area contributed by atoms with E-state index in [0.29, 0.717) is 11.7 Å². The molecule has 1 N–H and O–H groups in total. The number of carbonyl (C=O) groups excluding carboxylic acids is 2. The van der Waals surface area contributed by atoms with Gasteiger partial charge in [-0.1, -0.05) is 24.3 Å². The molecule has 134 valence electrons. The van der Waals surface area contributed by atoms with Crippen LogP contribution >= 0.6 is 11.3 Å². The molecular formula is C19H18N2O4S. The Bertz CT molecular complexity index is 888. The minimum absolute atomic E-state index is 0.0468. The molecule has 2 heterocycles. The van der Waals surface area contributed by atoms with Crippen molar-refractivity contribution < 1.29 is 18.7 Å². The molecule has 0 fully saturated rings. The van der Waals surface area contributed by atoms with E-state index in [1.165, 1.54) is 18.4 Å². The summed E-state index contributed by atoms with van der Waals surface area (Å²) < 4.78 is 10.4. The number of nitrogens with zero attached hydrogens (tertiary/aromatic N) is 1. The van der Waals surface area contributed by atoms with Gasteiger partial charge in [-0.2, -0.15) is 0 Å². The van der Waals surface area contributed by atoms with Crippen LogP contribution in [-0.4, -0.2) is 24.0 Å². The molecule has 0 aliphatic rings. The van der Waals surface area contributed by atoms with Crippen molar-refractivity contribution in [1.82, 2.24) is 10.3 Å². The molecule has 0 aliphatic carbocycles. The molecule has 0 saturated heterocycles. The number of hydrogen-bond acceptors (Lipinski definition) is 6. The fourth-order valence-electron chi connectivity index (χ4n) is 2.50. The Kier molecular flexibility index (Phi) is 5.48. The number of ether oxygens (including phenoxy) is 1. The Morgan fingerprint density at radius 2 is 2.00 bits per heavy atom. The van der Waals surface area contributed by atoms with Crippen molar-refractivity contribution >= 4 is 23.2 Å². The zero-order valence-electron chi connectivity index (χ0n) is 14.4. The highest BCUT2D eigenvalue weighted by molar-refractivity contribution is 7.10. The molecular weight excluding hydrogens is 352 g/mol. The monoisotopic (exact) mass is 370 g/mol. The molecule has 0 spiro atoms. The predicted molar refractivity (Wildman–Crippen MR) is 97.8 cm³/mol. The maximum Gasteiger partial charge on any atom is 0.307 e.